The number of rotatable bonds is 0. The number of aryl methyl sites for hydroxylation is 1. The zero-order chi connectivity index (χ0) is 8.72. The number of anilines is 1. The highest BCUT2D eigenvalue weighted by Crippen LogP contribution is 2.00. The average molecular weight is 165 g/mol. The van der Waals surface area contributed by atoms with Gasteiger partial charge < -0.3 is 5.73 Å². The Labute approximate surface area is 67.2 Å². The molecule has 2 heterocycles. The Morgan fingerprint density at radius 1 is 1.58 bits per heavy atom. The topological polar surface area (TPSA) is 78.2 Å². The van der Waals surface area contributed by atoms with Crippen LogP contribution in [-0.4, -0.2) is 19.4 Å². The van der Waals surface area contributed by atoms with Gasteiger partial charge in [-0.1, -0.05) is 0 Å². The Morgan fingerprint density at radius 2 is 2.33 bits per heavy atom. The van der Waals surface area contributed by atoms with Crippen LogP contribution in [0.15, 0.2) is 17.1 Å². The highest BCUT2D eigenvalue weighted by molar-refractivity contribution is 5.41. The number of aromatic nitrogens is 4. The van der Waals surface area contributed by atoms with E-state index in [2.05, 4.69) is 10.2 Å². The number of nitrogens with zero attached hydrogens (tertiary/aromatic N) is 4. The van der Waals surface area contributed by atoms with E-state index in [0.717, 1.165) is 0 Å². The second-order valence-corrected chi connectivity index (χ2v) is 2.44. The van der Waals surface area contributed by atoms with Crippen LogP contribution < -0.4 is 11.2 Å². The summed E-state index contributed by atoms with van der Waals surface area (Å²) in [4.78, 5) is 10.9. The molecule has 0 aliphatic heterocycles. The molecule has 2 N–H and O–H groups in total. The quantitative estimate of drug-likeness (QED) is 0.543. The lowest BCUT2D eigenvalue weighted by atomic mass is 10.5. The molecular formula is C6H7N5O. The molecule has 0 aliphatic carbocycles. The van der Waals surface area contributed by atoms with E-state index in [4.69, 9.17) is 5.73 Å². The summed E-state index contributed by atoms with van der Waals surface area (Å²) >= 11 is 0. The van der Waals surface area contributed by atoms with E-state index in [0.29, 0.717) is 5.65 Å². The number of hydrogen-bond donors (Lipinski definition) is 1. The monoisotopic (exact) mass is 165 g/mol. The van der Waals surface area contributed by atoms with Crippen molar-refractivity contribution in [2.45, 2.75) is 0 Å². The molecule has 0 aliphatic rings. The van der Waals surface area contributed by atoms with Gasteiger partial charge in [-0.2, -0.15) is 9.61 Å². The lowest BCUT2D eigenvalue weighted by Crippen LogP contribution is -2.06. The van der Waals surface area contributed by atoms with Gasteiger partial charge in [0.1, 0.15) is 0 Å². The first-order valence-corrected chi connectivity index (χ1v) is 3.36. The molecular weight excluding hydrogens is 158 g/mol. The van der Waals surface area contributed by atoms with Gasteiger partial charge >= 0.3 is 0 Å². The first-order valence-electron chi connectivity index (χ1n) is 3.36. The molecule has 6 heteroatoms. The fourth-order valence-electron chi connectivity index (χ4n) is 1.05. The van der Waals surface area contributed by atoms with Gasteiger partial charge in [0.2, 0.25) is 11.4 Å². The van der Waals surface area contributed by atoms with Crippen molar-refractivity contribution in [1.29, 1.82) is 0 Å². The van der Waals surface area contributed by atoms with Crippen LogP contribution in [0.5, 0.6) is 0 Å². The third-order valence-corrected chi connectivity index (χ3v) is 1.59. The van der Waals surface area contributed by atoms with Crippen molar-refractivity contribution in [3.8, 4) is 0 Å². The lowest BCUT2D eigenvalue weighted by Gasteiger charge is -1.90. The van der Waals surface area contributed by atoms with Gasteiger partial charge in [0, 0.05) is 13.1 Å². The predicted octanol–water partition coefficient (Wildman–Crippen LogP) is -0.990. The molecule has 6 nitrogen and oxygen atoms in total. The Morgan fingerprint density at radius 3 is 3.08 bits per heavy atom. The standard InChI is InChI=1S/C6H7N5O/c1-10-5-2-4(12)3-8-11(5)6(7)9-10/h2-3H,1H3,(H2,7,9). The molecule has 0 aromatic carbocycles. The van der Waals surface area contributed by atoms with Crippen LogP contribution in [0.2, 0.25) is 0 Å². The first-order chi connectivity index (χ1) is 5.68. The highest BCUT2D eigenvalue weighted by Gasteiger charge is 2.03. The molecule has 0 unspecified atom stereocenters. The van der Waals surface area contributed by atoms with Gasteiger partial charge in [-0.15, -0.1) is 5.10 Å². The fraction of sp³-hybridized carbons (Fsp3) is 0.167. The molecule has 0 saturated heterocycles. The summed E-state index contributed by atoms with van der Waals surface area (Å²) in [5, 5.41) is 7.68. The number of fused-ring (bicyclic) bond motifs is 1. The second kappa shape index (κ2) is 2.07. The molecule has 62 valence electrons. The maximum Gasteiger partial charge on any atom is 0.241 e. The highest BCUT2D eigenvalue weighted by atomic mass is 16.1. The Kier molecular flexibility index (Phi) is 1.18. The molecule has 12 heavy (non-hydrogen) atoms. The van der Waals surface area contributed by atoms with Crippen LogP contribution in [0, 0.1) is 0 Å². The molecule has 0 fully saturated rings. The third-order valence-electron chi connectivity index (χ3n) is 1.59. The Balaban J connectivity index is 3.00. The van der Waals surface area contributed by atoms with Crippen LogP contribution in [0.25, 0.3) is 5.65 Å². The minimum Gasteiger partial charge on any atom is -0.366 e. The zero-order valence-electron chi connectivity index (χ0n) is 6.43. The van der Waals surface area contributed by atoms with Crippen molar-refractivity contribution in [2.24, 2.45) is 7.05 Å². The van der Waals surface area contributed by atoms with Gasteiger partial charge in [0.25, 0.3) is 0 Å². The fourth-order valence-corrected chi connectivity index (χ4v) is 1.05. The molecule has 2 rings (SSSR count). The van der Waals surface area contributed by atoms with Crippen molar-refractivity contribution in [3.63, 3.8) is 0 Å². The number of nitrogens with two attached hydrogens (primary N) is 1. The maximum atomic E-state index is 10.9. The van der Waals surface area contributed by atoms with Gasteiger partial charge in [0.05, 0.1) is 6.20 Å². The summed E-state index contributed by atoms with van der Waals surface area (Å²) in [7, 11) is 1.70. The molecule has 0 radical (unpaired) electrons. The summed E-state index contributed by atoms with van der Waals surface area (Å²) < 4.78 is 2.91. The van der Waals surface area contributed by atoms with Gasteiger partial charge in [-0.25, -0.2) is 4.68 Å². The first kappa shape index (κ1) is 6.84. The largest absolute Gasteiger partial charge is 0.366 e. The van der Waals surface area contributed by atoms with Crippen molar-refractivity contribution in [3.05, 3.63) is 22.5 Å². The summed E-state index contributed by atoms with van der Waals surface area (Å²) in [6.07, 6.45) is 1.20. The molecule has 0 atom stereocenters. The van der Waals surface area contributed by atoms with E-state index in [1.54, 1.807) is 7.05 Å². The van der Waals surface area contributed by atoms with Gasteiger partial charge in [0.15, 0.2) is 5.65 Å². The van der Waals surface area contributed by atoms with E-state index in [-0.39, 0.29) is 11.4 Å². The van der Waals surface area contributed by atoms with E-state index in [1.807, 2.05) is 0 Å². The molecule has 0 saturated carbocycles. The van der Waals surface area contributed by atoms with E-state index in [9.17, 15) is 4.79 Å². The Hall–Kier alpha value is -1.85. The normalized spacial score (nSPS) is 10.8. The van der Waals surface area contributed by atoms with Crippen LogP contribution in [0.4, 0.5) is 5.95 Å². The molecule has 2 aromatic heterocycles. The number of nitrogen functional groups attached to an aromatic ring is 1. The molecule has 0 bridgehead atoms. The van der Waals surface area contributed by atoms with E-state index < -0.39 is 0 Å². The minimum atomic E-state index is -0.155. The van der Waals surface area contributed by atoms with Crippen LogP contribution in [-0.2, 0) is 7.05 Å². The summed E-state index contributed by atoms with van der Waals surface area (Å²) in [5.74, 6) is 0.271. The van der Waals surface area contributed by atoms with Crippen molar-refractivity contribution < 1.29 is 0 Å². The van der Waals surface area contributed by atoms with Crippen molar-refractivity contribution in [2.75, 3.05) is 5.73 Å². The number of hydrogen-bond acceptors (Lipinski definition) is 4. The molecule has 2 aromatic rings. The Bertz CT molecular complexity index is 482. The second-order valence-electron chi connectivity index (χ2n) is 2.44. The predicted molar refractivity (Wildman–Crippen MR) is 42.6 cm³/mol. The average Bonchev–Trinajstić information content (AvgIpc) is 2.28. The smallest absolute Gasteiger partial charge is 0.241 e. The molecule has 0 spiro atoms. The minimum absolute atomic E-state index is 0.155. The van der Waals surface area contributed by atoms with Crippen LogP contribution >= 0.6 is 0 Å². The summed E-state index contributed by atoms with van der Waals surface area (Å²) in [5.41, 5.74) is 5.92. The summed E-state index contributed by atoms with van der Waals surface area (Å²) in [6.45, 7) is 0. The van der Waals surface area contributed by atoms with E-state index >= 15 is 0 Å². The van der Waals surface area contributed by atoms with Gasteiger partial charge in [-0.05, 0) is 0 Å². The molecule has 0 amide bonds. The zero-order valence-corrected chi connectivity index (χ0v) is 6.43. The third kappa shape index (κ3) is 0.777. The van der Waals surface area contributed by atoms with E-state index in [1.165, 1.54) is 21.5 Å². The van der Waals surface area contributed by atoms with Crippen molar-refractivity contribution in [1.82, 2.24) is 19.4 Å². The lowest BCUT2D eigenvalue weighted by molar-refractivity contribution is 0.798. The maximum absolute atomic E-state index is 10.9. The van der Waals surface area contributed by atoms with Crippen molar-refractivity contribution >= 4 is 11.6 Å². The van der Waals surface area contributed by atoms with Crippen LogP contribution in [0.3, 0.4) is 0 Å². The van der Waals surface area contributed by atoms with Gasteiger partial charge in [-0.3, -0.25) is 4.79 Å². The van der Waals surface area contributed by atoms with Crippen LogP contribution in [0.1, 0.15) is 0 Å². The SMILES string of the molecule is Cn1nc(N)n2ncc(=O)cc12. The summed E-state index contributed by atoms with van der Waals surface area (Å²) in [6, 6.07) is 1.43.